The number of carbonyl (C=O) groups is 1. The van der Waals surface area contributed by atoms with Crippen molar-refractivity contribution in [3.63, 3.8) is 0 Å². The molecule has 64 valence electrons. The number of nitrogens with one attached hydrogen (secondary N) is 1. The largest absolute Gasteiger partial charge is 0.481 e. The molecule has 0 spiro atoms. The van der Waals surface area contributed by atoms with Crippen LogP contribution in [0.5, 0.6) is 0 Å². The Labute approximate surface area is 69.6 Å². The molecule has 0 unspecified atom stereocenters. The highest BCUT2D eigenvalue weighted by atomic mass is 16.4. The minimum absolute atomic E-state index is 0.614. The number of rotatable bonds is 2. The average molecular weight is 166 g/mol. The van der Waals surface area contributed by atoms with E-state index in [0.29, 0.717) is 0 Å². The number of carboxylic acid groups (broad SMARTS) is 1. The van der Waals surface area contributed by atoms with Crippen molar-refractivity contribution < 1.29 is 9.90 Å². The van der Waals surface area contributed by atoms with Crippen molar-refractivity contribution in [2.45, 2.75) is 25.2 Å². The Balaban J connectivity index is 2.43. The Kier molecular flexibility index (Phi) is 1.28. The molecule has 12 heavy (non-hydrogen) atoms. The summed E-state index contributed by atoms with van der Waals surface area (Å²) in [5.74, 6) is -0.730. The lowest BCUT2D eigenvalue weighted by Gasteiger charge is -2.06. The van der Waals surface area contributed by atoms with Gasteiger partial charge in [0, 0.05) is 11.3 Å². The minimum atomic E-state index is -0.730. The van der Waals surface area contributed by atoms with Gasteiger partial charge in [-0.05, 0) is 19.8 Å². The second kappa shape index (κ2) is 2.09. The molecule has 1 heterocycles. The van der Waals surface area contributed by atoms with Crippen LogP contribution in [0.1, 0.15) is 24.1 Å². The predicted octanol–water partition coefficient (Wildman–Crippen LogP) is 0.834. The van der Waals surface area contributed by atoms with Gasteiger partial charge in [0.15, 0.2) is 0 Å². The van der Waals surface area contributed by atoms with Crippen molar-refractivity contribution in [1.82, 2.24) is 10.2 Å². The van der Waals surface area contributed by atoms with Crippen LogP contribution in [0.2, 0.25) is 0 Å². The molecule has 1 fully saturated rings. The van der Waals surface area contributed by atoms with E-state index in [2.05, 4.69) is 10.2 Å². The summed E-state index contributed by atoms with van der Waals surface area (Å²) in [5, 5.41) is 15.5. The predicted molar refractivity (Wildman–Crippen MR) is 41.9 cm³/mol. The number of aromatic amines is 1. The Morgan fingerprint density at radius 3 is 2.75 bits per heavy atom. The molecule has 0 bridgehead atoms. The molecule has 2 rings (SSSR count). The van der Waals surface area contributed by atoms with Crippen LogP contribution >= 0.6 is 0 Å². The quantitative estimate of drug-likeness (QED) is 0.684. The lowest BCUT2D eigenvalue weighted by atomic mass is 9.97. The smallest absolute Gasteiger partial charge is 0.314 e. The van der Waals surface area contributed by atoms with Crippen LogP contribution in [-0.4, -0.2) is 21.3 Å². The molecule has 4 heteroatoms. The molecule has 1 aliphatic carbocycles. The summed E-state index contributed by atoms with van der Waals surface area (Å²) >= 11 is 0. The zero-order valence-electron chi connectivity index (χ0n) is 6.79. The van der Waals surface area contributed by atoms with Gasteiger partial charge in [-0.3, -0.25) is 9.89 Å². The van der Waals surface area contributed by atoms with E-state index < -0.39 is 11.4 Å². The van der Waals surface area contributed by atoms with Crippen LogP contribution < -0.4 is 0 Å². The first kappa shape index (κ1) is 7.34. The molecular formula is C8H10N2O2. The summed E-state index contributed by atoms with van der Waals surface area (Å²) in [6.45, 7) is 1.85. The van der Waals surface area contributed by atoms with Gasteiger partial charge >= 0.3 is 5.97 Å². The van der Waals surface area contributed by atoms with Crippen molar-refractivity contribution in [2.24, 2.45) is 0 Å². The molecule has 0 aromatic carbocycles. The van der Waals surface area contributed by atoms with Gasteiger partial charge in [-0.25, -0.2) is 0 Å². The molecular weight excluding hydrogens is 156 g/mol. The number of carboxylic acids is 1. The van der Waals surface area contributed by atoms with Gasteiger partial charge in [-0.2, -0.15) is 5.10 Å². The molecule has 0 saturated heterocycles. The van der Waals surface area contributed by atoms with E-state index in [0.717, 1.165) is 24.1 Å². The molecule has 1 aromatic rings. The number of aliphatic carboxylic acids is 1. The monoisotopic (exact) mass is 166 g/mol. The summed E-state index contributed by atoms with van der Waals surface area (Å²) in [7, 11) is 0. The first-order chi connectivity index (χ1) is 5.67. The number of aryl methyl sites for hydroxylation is 1. The highest BCUT2D eigenvalue weighted by Crippen LogP contribution is 2.49. The molecule has 1 aliphatic rings. The number of aromatic nitrogens is 2. The molecule has 0 radical (unpaired) electrons. The van der Waals surface area contributed by atoms with E-state index in [4.69, 9.17) is 5.11 Å². The summed E-state index contributed by atoms with van der Waals surface area (Å²) in [4.78, 5) is 10.9. The van der Waals surface area contributed by atoms with Crippen molar-refractivity contribution in [3.8, 4) is 0 Å². The third kappa shape index (κ3) is 0.776. The van der Waals surface area contributed by atoms with Gasteiger partial charge in [0.2, 0.25) is 0 Å². The van der Waals surface area contributed by atoms with Crippen molar-refractivity contribution in [1.29, 1.82) is 0 Å². The SMILES string of the molecule is Cc1[nH]ncc1C1(C(=O)O)CC1. The van der Waals surface area contributed by atoms with E-state index in [9.17, 15) is 4.79 Å². The van der Waals surface area contributed by atoms with Crippen LogP contribution in [0.25, 0.3) is 0 Å². The van der Waals surface area contributed by atoms with Crippen molar-refractivity contribution >= 4 is 5.97 Å². The third-order valence-corrected chi connectivity index (χ3v) is 2.50. The fourth-order valence-electron chi connectivity index (χ4n) is 1.56. The van der Waals surface area contributed by atoms with Crippen LogP contribution in [0, 0.1) is 6.92 Å². The molecule has 0 aliphatic heterocycles. The zero-order chi connectivity index (χ0) is 8.77. The number of hydrogen-bond donors (Lipinski definition) is 2. The highest BCUT2D eigenvalue weighted by molar-refractivity contribution is 5.85. The normalized spacial score (nSPS) is 19.1. The first-order valence-electron chi connectivity index (χ1n) is 3.91. The summed E-state index contributed by atoms with van der Waals surface area (Å²) in [6.07, 6.45) is 3.10. The highest BCUT2D eigenvalue weighted by Gasteiger charge is 2.53. The van der Waals surface area contributed by atoms with Crippen LogP contribution in [0.4, 0.5) is 0 Å². The van der Waals surface area contributed by atoms with Gasteiger partial charge in [0.05, 0.1) is 11.6 Å². The molecule has 0 amide bonds. The van der Waals surface area contributed by atoms with Gasteiger partial charge in [0.25, 0.3) is 0 Å². The Morgan fingerprint density at radius 2 is 2.42 bits per heavy atom. The lowest BCUT2D eigenvalue weighted by molar-refractivity contribution is -0.140. The number of nitrogens with zero attached hydrogens (tertiary/aromatic N) is 1. The van der Waals surface area contributed by atoms with Gasteiger partial charge in [-0.15, -0.1) is 0 Å². The summed E-state index contributed by atoms with van der Waals surface area (Å²) in [5.41, 5.74) is 1.10. The van der Waals surface area contributed by atoms with Crippen LogP contribution in [0.3, 0.4) is 0 Å². The van der Waals surface area contributed by atoms with E-state index in [1.165, 1.54) is 0 Å². The van der Waals surface area contributed by atoms with Gasteiger partial charge < -0.3 is 5.11 Å². The topological polar surface area (TPSA) is 66.0 Å². The van der Waals surface area contributed by atoms with E-state index in [-0.39, 0.29) is 0 Å². The van der Waals surface area contributed by atoms with Crippen LogP contribution in [-0.2, 0) is 10.2 Å². The fourth-order valence-corrected chi connectivity index (χ4v) is 1.56. The Hall–Kier alpha value is -1.32. The fraction of sp³-hybridized carbons (Fsp3) is 0.500. The maximum atomic E-state index is 10.9. The van der Waals surface area contributed by atoms with E-state index >= 15 is 0 Å². The summed E-state index contributed by atoms with van der Waals surface area (Å²) < 4.78 is 0. The number of H-pyrrole nitrogens is 1. The van der Waals surface area contributed by atoms with E-state index in [1.54, 1.807) is 6.20 Å². The van der Waals surface area contributed by atoms with E-state index in [1.807, 2.05) is 6.92 Å². The second-order valence-corrected chi connectivity index (χ2v) is 3.30. The molecule has 2 N–H and O–H groups in total. The molecule has 1 aromatic heterocycles. The second-order valence-electron chi connectivity index (χ2n) is 3.30. The standard InChI is InChI=1S/C8H10N2O2/c1-5-6(4-9-10-5)8(2-3-8)7(11)12/h4H,2-3H2,1H3,(H,9,10)(H,11,12). The zero-order valence-corrected chi connectivity index (χ0v) is 6.79. The number of hydrogen-bond acceptors (Lipinski definition) is 2. The molecule has 0 atom stereocenters. The maximum absolute atomic E-state index is 10.9. The van der Waals surface area contributed by atoms with Crippen molar-refractivity contribution in [2.75, 3.05) is 0 Å². The maximum Gasteiger partial charge on any atom is 0.314 e. The van der Waals surface area contributed by atoms with Crippen LogP contribution in [0.15, 0.2) is 6.20 Å². The third-order valence-electron chi connectivity index (χ3n) is 2.50. The molecule has 4 nitrogen and oxygen atoms in total. The van der Waals surface area contributed by atoms with Gasteiger partial charge in [0.1, 0.15) is 0 Å². The van der Waals surface area contributed by atoms with Gasteiger partial charge in [-0.1, -0.05) is 0 Å². The average Bonchev–Trinajstić information content (AvgIpc) is 2.71. The Bertz CT molecular complexity index is 326. The lowest BCUT2D eigenvalue weighted by Crippen LogP contribution is -2.19. The molecule has 1 saturated carbocycles. The van der Waals surface area contributed by atoms with Crippen molar-refractivity contribution in [3.05, 3.63) is 17.5 Å². The Morgan fingerprint density at radius 1 is 1.75 bits per heavy atom. The minimum Gasteiger partial charge on any atom is -0.481 e. The first-order valence-corrected chi connectivity index (χ1v) is 3.91. The summed E-state index contributed by atoms with van der Waals surface area (Å²) in [6, 6.07) is 0.